The number of fused-ring (bicyclic) bond motifs is 1. The van der Waals surface area contributed by atoms with Gasteiger partial charge in [0, 0.05) is 19.0 Å². The summed E-state index contributed by atoms with van der Waals surface area (Å²) in [6.07, 6.45) is 2.27. The molecule has 1 fully saturated rings. The van der Waals surface area contributed by atoms with Crippen molar-refractivity contribution < 1.29 is 8.42 Å². The van der Waals surface area contributed by atoms with Gasteiger partial charge in [-0.1, -0.05) is 42.5 Å². The quantitative estimate of drug-likeness (QED) is 0.665. The van der Waals surface area contributed by atoms with E-state index in [9.17, 15) is 8.42 Å². The fraction of sp³-hybridized carbons (Fsp3) is 0.350. The molecule has 4 nitrogen and oxygen atoms in total. The van der Waals surface area contributed by atoms with Crippen LogP contribution in [0.5, 0.6) is 0 Å². The molecule has 3 aromatic rings. The molecule has 0 unspecified atom stereocenters. The molecule has 0 aliphatic carbocycles. The Kier molecular flexibility index (Phi) is 5.07. The standard InChI is InChI=1S/C20H22N2O2S2/c23-26(24,15-12-16-6-2-1-3-7-16)22-13-10-17(11-14-22)20-21-18-8-4-5-9-19(18)25-20/h1-9,17H,10-15H2. The molecule has 2 aromatic carbocycles. The third kappa shape index (κ3) is 3.82. The van der Waals surface area contributed by atoms with Crippen molar-refractivity contribution in [1.29, 1.82) is 0 Å². The van der Waals surface area contributed by atoms with Crippen LogP contribution in [-0.2, 0) is 16.4 Å². The molecule has 0 spiro atoms. The van der Waals surface area contributed by atoms with Crippen LogP contribution >= 0.6 is 11.3 Å². The van der Waals surface area contributed by atoms with Crippen molar-refractivity contribution in [1.82, 2.24) is 9.29 Å². The Bertz CT molecular complexity index is 942. The van der Waals surface area contributed by atoms with Gasteiger partial charge < -0.3 is 0 Å². The fourth-order valence-corrected chi connectivity index (χ4v) is 6.12. The van der Waals surface area contributed by atoms with Crippen LogP contribution in [0.3, 0.4) is 0 Å². The molecule has 2 heterocycles. The number of para-hydroxylation sites is 1. The van der Waals surface area contributed by atoms with E-state index in [0.717, 1.165) is 28.9 Å². The Morgan fingerprint density at radius 3 is 2.42 bits per heavy atom. The van der Waals surface area contributed by atoms with Gasteiger partial charge >= 0.3 is 0 Å². The molecule has 26 heavy (non-hydrogen) atoms. The third-order valence-electron chi connectivity index (χ3n) is 5.00. The van der Waals surface area contributed by atoms with E-state index in [0.29, 0.717) is 25.4 Å². The van der Waals surface area contributed by atoms with Gasteiger partial charge in [-0.3, -0.25) is 0 Å². The van der Waals surface area contributed by atoms with Gasteiger partial charge in [-0.05, 0) is 37.0 Å². The average molecular weight is 387 g/mol. The number of hydrogen-bond donors (Lipinski definition) is 0. The molecular formula is C20H22N2O2S2. The first kappa shape index (κ1) is 17.6. The number of sulfonamides is 1. The van der Waals surface area contributed by atoms with Gasteiger partial charge in [-0.25, -0.2) is 17.7 Å². The molecule has 0 amide bonds. The van der Waals surface area contributed by atoms with Crippen molar-refractivity contribution in [2.75, 3.05) is 18.8 Å². The molecule has 136 valence electrons. The van der Waals surface area contributed by atoms with Crippen LogP contribution in [0.1, 0.15) is 29.3 Å². The second-order valence-corrected chi connectivity index (χ2v) is 9.90. The maximum Gasteiger partial charge on any atom is 0.214 e. The number of thiazole rings is 1. The minimum Gasteiger partial charge on any atom is -0.241 e. The van der Waals surface area contributed by atoms with Crippen molar-refractivity contribution >= 4 is 31.6 Å². The maximum absolute atomic E-state index is 12.7. The SMILES string of the molecule is O=S(=O)(CCc1ccccc1)N1CCC(c2nc3ccccc3s2)CC1. The van der Waals surface area contributed by atoms with Gasteiger partial charge in [0.05, 0.1) is 21.0 Å². The third-order valence-corrected chi connectivity index (χ3v) is 8.07. The predicted molar refractivity (Wildman–Crippen MR) is 107 cm³/mol. The van der Waals surface area contributed by atoms with E-state index in [2.05, 4.69) is 6.07 Å². The number of benzene rings is 2. The van der Waals surface area contributed by atoms with Crippen LogP contribution in [0.2, 0.25) is 0 Å². The molecular weight excluding hydrogens is 364 g/mol. The minimum absolute atomic E-state index is 0.183. The number of hydrogen-bond acceptors (Lipinski definition) is 4. The second-order valence-electron chi connectivity index (χ2n) is 6.74. The van der Waals surface area contributed by atoms with Gasteiger partial charge in [0.1, 0.15) is 0 Å². The first-order valence-corrected chi connectivity index (χ1v) is 11.4. The molecule has 1 saturated heterocycles. The van der Waals surface area contributed by atoms with Crippen LogP contribution in [0, 0.1) is 0 Å². The molecule has 1 aromatic heterocycles. The van der Waals surface area contributed by atoms with Crippen LogP contribution in [0.15, 0.2) is 54.6 Å². The van der Waals surface area contributed by atoms with Crippen LogP contribution in [0.25, 0.3) is 10.2 Å². The lowest BCUT2D eigenvalue weighted by Gasteiger charge is -2.30. The lowest BCUT2D eigenvalue weighted by atomic mass is 9.99. The van der Waals surface area contributed by atoms with E-state index in [1.54, 1.807) is 15.6 Å². The van der Waals surface area contributed by atoms with Gasteiger partial charge in [0.2, 0.25) is 10.0 Å². The summed E-state index contributed by atoms with van der Waals surface area (Å²) >= 11 is 1.74. The summed E-state index contributed by atoms with van der Waals surface area (Å²) in [4.78, 5) is 4.75. The minimum atomic E-state index is -3.20. The first-order valence-electron chi connectivity index (χ1n) is 8.99. The van der Waals surface area contributed by atoms with E-state index < -0.39 is 10.0 Å². The number of piperidine rings is 1. The zero-order chi connectivity index (χ0) is 18.0. The number of aryl methyl sites for hydroxylation is 1. The molecule has 0 bridgehead atoms. The smallest absolute Gasteiger partial charge is 0.214 e. The Labute approximate surface area is 158 Å². The summed E-state index contributed by atoms with van der Waals surface area (Å²) in [5, 5.41) is 1.15. The van der Waals surface area contributed by atoms with Gasteiger partial charge in [0.25, 0.3) is 0 Å². The van der Waals surface area contributed by atoms with Crippen molar-refractivity contribution in [2.24, 2.45) is 0 Å². The summed E-state index contributed by atoms with van der Waals surface area (Å²) in [7, 11) is -3.20. The maximum atomic E-state index is 12.7. The summed E-state index contributed by atoms with van der Waals surface area (Å²) in [6, 6.07) is 18.0. The topological polar surface area (TPSA) is 50.3 Å². The first-order chi connectivity index (χ1) is 12.6. The van der Waals surface area contributed by atoms with E-state index in [1.165, 1.54) is 4.70 Å². The van der Waals surface area contributed by atoms with Gasteiger partial charge in [0.15, 0.2) is 0 Å². The highest BCUT2D eigenvalue weighted by Crippen LogP contribution is 2.34. The lowest BCUT2D eigenvalue weighted by Crippen LogP contribution is -2.39. The lowest BCUT2D eigenvalue weighted by molar-refractivity contribution is 0.319. The molecule has 1 aliphatic rings. The van der Waals surface area contributed by atoms with E-state index >= 15 is 0 Å². The monoisotopic (exact) mass is 386 g/mol. The highest BCUT2D eigenvalue weighted by molar-refractivity contribution is 7.89. The molecule has 1 aliphatic heterocycles. The van der Waals surface area contributed by atoms with E-state index in [-0.39, 0.29) is 5.75 Å². The van der Waals surface area contributed by atoms with Crippen molar-refractivity contribution in [3.05, 3.63) is 65.2 Å². The molecule has 0 saturated carbocycles. The largest absolute Gasteiger partial charge is 0.241 e. The van der Waals surface area contributed by atoms with Crippen LogP contribution in [0.4, 0.5) is 0 Å². The van der Waals surface area contributed by atoms with Crippen molar-refractivity contribution in [3.8, 4) is 0 Å². The van der Waals surface area contributed by atoms with Gasteiger partial charge in [-0.2, -0.15) is 0 Å². The predicted octanol–water partition coefficient (Wildman–Crippen LogP) is 4.05. The molecule has 0 atom stereocenters. The Hall–Kier alpha value is -1.76. The Balaban J connectivity index is 1.37. The zero-order valence-electron chi connectivity index (χ0n) is 14.5. The van der Waals surface area contributed by atoms with Crippen LogP contribution < -0.4 is 0 Å². The average Bonchev–Trinajstić information content (AvgIpc) is 3.12. The van der Waals surface area contributed by atoms with Gasteiger partial charge in [-0.15, -0.1) is 11.3 Å². The van der Waals surface area contributed by atoms with E-state index in [4.69, 9.17) is 4.98 Å². The van der Waals surface area contributed by atoms with Crippen LogP contribution in [-0.4, -0.2) is 36.5 Å². The molecule has 0 radical (unpaired) electrons. The highest BCUT2D eigenvalue weighted by atomic mass is 32.2. The summed E-state index contributed by atoms with van der Waals surface area (Å²) in [5.74, 6) is 0.552. The molecule has 4 rings (SSSR count). The molecule has 0 N–H and O–H groups in total. The summed E-state index contributed by atoms with van der Waals surface area (Å²) < 4.78 is 28.2. The normalized spacial score (nSPS) is 16.9. The Morgan fingerprint density at radius 1 is 1.00 bits per heavy atom. The second kappa shape index (κ2) is 7.47. The number of aromatic nitrogens is 1. The zero-order valence-corrected chi connectivity index (χ0v) is 16.2. The highest BCUT2D eigenvalue weighted by Gasteiger charge is 2.29. The van der Waals surface area contributed by atoms with E-state index in [1.807, 2.05) is 48.5 Å². The summed E-state index contributed by atoms with van der Waals surface area (Å²) in [5.41, 5.74) is 2.12. The van der Waals surface area contributed by atoms with Crippen molar-refractivity contribution in [2.45, 2.75) is 25.2 Å². The Morgan fingerprint density at radius 2 is 1.69 bits per heavy atom. The fourth-order valence-electron chi connectivity index (χ4n) is 3.47. The summed E-state index contributed by atoms with van der Waals surface area (Å²) in [6.45, 7) is 1.19. The molecule has 6 heteroatoms. The number of rotatable bonds is 5. The number of nitrogens with zero attached hydrogens (tertiary/aromatic N) is 2. The van der Waals surface area contributed by atoms with Crippen molar-refractivity contribution in [3.63, 3.8) is 0 Å².